The van der Waals surface area contributed by atoms with Crippen molar-refractivity contribution in [1.29, 1.82) is 0 Å². The lowest BCUT2D eigenvalue weighted by Crippen LogP contribution is -2.19. The van der Waals surface area contributed by atoms with E-state index in [9.17, 15) is 0 Å². The molecule has 0 amide bonds. The molecule has 7 aromatic rings. The minimum atomic E-state index is 0.0555. The van der Waals surface area contributed by atoms with Crippen molar-refractivity contribution in [3.63, 3.8) is 0 Å². The van der Waals surface area contributed by atoms with Crippen molar-refractivity contribution in [3.8, 4) is 56.5 Å². The summed E-state index contributed by atoms with van der Waals surface area (Å²) in [5, 5.41) is 0.449. The number of aromatic nitrogens is 2. The molecule has 0 radical (unpaired) electrons. The monoisotopic (exact) mass is 684 g/mol. The summed E-state index contributed by atoms with van der Waals surface area (Å²) in [5.41, 5.74) is 13.9. The van der Waals surface area contributed by atoms with Crippen LogP contribution in [0, 0.1) is 0 Å². The Morgan fingerprint density at radius 3 is 1.87 bits per heavy atom. The van der Waals surface area contributed by atoms with Crippen LogP contribution in [0.1, 0.15) is 45.6 Å². The summed E-state index contributed by atoms with van der Waals surface area (Å²) in [6.45, 7) is 0. The Morgan fingerprint density at radius 1 is 0.462 bits per heavy atom. The third-order valence-corrected chi connectivity index (χ3v) is 12.4. The van der Waals surface area contributed by atoms with Gasteiger partial charge in [0.05, 0.1) is 11.4 Å². The quantitative estimate of drug-likeness (QED) is 0.186. The number of rotatable bonds is 3. The summed E-state index contributed by atoms with van der Waals surface area (Å²) in [5.74, 6) is 3.09. The molecule has 4 aliphatic rings. The van der Waals surface area contributed by atoms with Crippen LogP contribution in [0.25, 0.3) is 45.0 Å². The minimum Gasteiger partial charge on any atom is -0.457 e. The van der Waals surface area contributed by atoms with E-state index in [0.717, 1.165) is 39.6 Å². The van der Waals surface area contributed by atoms with E-state index in [1.165, 1.54) is 43.8 Å². The number of para-hydroxylation sites is 1. The number of nitrogens with zero attached hydrogens (tertiary/aromatic N) is 2. The standard InChI is InChI=1S/C48H32N2OS/c1-2-12-29(13-3-1)48-49-40(28-41(50-48)31-22-24-35-34-16-9-11-21-44(34)52-45(35)27-31)30-23-25-43-39(26-30)47-37-18-7-5-15-33(37)32-14-4-6-17-36(32)46(47)38-19-8-10-20-42(38)51-43/h1-28,34,44,46-47H. The number of thioether (sulfide) groups is 1. The molecular weight excluding hydrogens is 653 g/mol. The van der Waals surface area contributed by atoms with Crippen molar-refractivity contribution in [1.82, 2.24) is 9.97 Å². The molecule has 246 valence electrons. The lowest BCUT2D eigenvalue weighted by molar-refractivity contribution is 0.478. The van der Waals surface area contributed by atoms with E-state index in [2.05, 4.69) is 164 Å². The molecule has 1 aromatic heterocycles. The summed E-state index contributed by atoms with van der Waals surface area (Å²) in [6, 6.07) is 52.3. The first-order valence-electron chi connectivity index (χ1n) is 18.0. The van der Waals surface area contributed by atoms with Gasteiger partial charge in [-0.25, -0.2) is 9.97 Å². The second kappa shape index (κ2) is 11.8. The van der Waals surface area contributed by atoms with E-state index < -0.39 is 0 Å². The number of hydrogen-bond donors (Lipinski definition) is 0. The second-order valence-electron chi connectivity index (χ2n) is 14.0. The van der Waals surface area contributed by atoms with Crippen molar-refractivity contribution < 1.29 is 4.74 Å². The highest BCUT2D eigenvalue weighted by molar-refractivity contribution is 8.00. The van der Waals surface area contributed by atoms with Gasteiger partial charge in [-0.3, -0.25) is 0 Å². The van der Waals surface area contributed by atoms with Gasteiger partial charge in [0.2, 0.25) is 0 Å². The fourth-order valence-corrected chi connectivity index (χ4v) is 10.1. The Labute approximate surface area is 307 Å². The third kappa shape index (κ3) is 4.68. The molecule has 0 saturated carbocycles. The van der Waals surface area contributed by atoms with Crippen LogP contribution in [-0.2, 0) is 0 Å². The summed E-state index contributed by atoms with van der Waals surface area (Å²) in [6.07, 6.45) is 8.99. The van der Waals surface area contributed by atoms with Gasteiger partial charge in [-0.15, -0.1) is 11.8 Å². The highest BCUT2D eigenvalue weighted by Crippen LogP contribution is 2.58. The Bertz CT molecular complexity index is 2630. The molecule has 4 unspecified atom stereocenters. The Morgan fingerprint density at radius 2 is 1.08 bits per heavy atom. The lowest BCUT2D eigenvalue weighted by atomic mass is 9.66. The van der Waals surface area contributed by atoms with Gasteiger partial charge in [0.25, 0.3) is 0 Å². The lowest BCUT2D eigenvalue weighted by Gasteiger charge is -2.35. The van der Waals surface area contributed by atoms with Crippen LogP contribution in [0.3, 0.4) is 0 Å². The number of fused-ring (bicyclic) bond motifs is 13. The summed E-state index contributed by atoms with van der Waals surface area (Å²) in [4.78, 5) is 11.8. The van der Waals surface area contributed by atoms with E-state index >= 15 is 0 Å². The zero-order valence-corrected chi connectivity index (χ0v) is 29.0. The van der Waals surface area contributed by atoms with Gasteiger partial charge in [-0.1, -0.05) is 133 Å². The molecule has 0 N–H and O–H groups in total. The molecule has 11 rings (SSSR count). The van der Waals surface area contributed by atoms with Crippen molar-refractivity contribution >= 4 is 11.8 Å². The Balaban J connectivity index is 1.10. The largest absolute Gasteiger partial charge is 0.457 e. The number of allylic oxidation sites excluding steroid dienone is 3. The molecule has 52 heavy (non-hydrogen) atoms. The topological polar surface area (TPSA) is 35.0 Å². The molecular formula is C48H32N2OS. The van der Waals surface area contributed by atoms with E-state index in [1.54, 1.807) is 0 Å². The van der Waals surface area contributed by atoms with Crippen molar-refractivity contribution in [2.24, 2.45) is 0 Å². The van der Waals surface area contributed by atoms with Crippen molar-refractivity contribution in [3.05, 3.63) is 198 Å². The van der Waals surface area contributed by atoms with E-state index in [4.69, 9.17) is 14.7 Å². The van der Waals surface area contributed by atoms with Crippen LogP contribution < -0.4 is 4.74 Å². The van der Waals surface area contributed by atoms with Crippen LogP contribution in [0.4, 0.5) is 0 Å². The highest BCUT2D eigenvalue weighted by Gasteiger charge is 2.40. The smallest absolute Gasteiger partial charge is 0.160 e. The highest BCUT2D eigenvalue weighted by atomic mass is 32.2. The van der Waals surface area contributed by atoms with E-state index in [0.29, 0.717) is 17.0 Å². The number of benzene rings is 6. The van der Waals surface area contributed by atoms with Crippen LogP contribution >= 0.6 is 11.8 Å². The zero-order chi connectivity index (χ0) is 34.2. The predicted octanol–water partition coefficient (Wildman–Crippen LogP) is 12.2. The van der Waals surface area contributed by atoms with Gasteiger partial charge >= 0.3 is 0 Å². The molecule has 6 aromatic carbocycles. The van der Waals surface area contributed by atoms with E-state index in [-0.39, 0.29) is 11.8 Å². The normalized spacial score (nSPS) is 19.8. The average Bonchev–Trinajstić information content (AvgIpc) is 3.51. The van der Waals surface area contributed by atoms with Crippen LogP contribution in [-0.4, -0.2) is 15.2 Å². The molecule has 3 nitrogen and oxygen atoms in total. The fraction of sp³-hybridized carbons (Fsp3) is 0.0833. The third-order valence-electron chi connectivity index (χ3n) is 11.1. The summed E-state index contributed by atoms with van der Waals surface area (Å²) in [7, 11) is 0. The Hall–Kier alpha value is -5.97. The summed E-state index contributed by atoms with van der Waals surface area (Å²) >= 11 is 1.95. The first-order valence-corrected chi connectivity index (χ1v) is 18.8. The van der Waals surface area contributed by atoms with Crippen molar-refractivity contribution in [2.75, 3.05) is 0 Å². The van der Waals surface area contributed by atoms with Gasteiger partial charge in [0, 0.05) is 55.7 Å². The zero-order valence-electron chi connectivity index (χ0n) is 28.2. The molecule has 4 atom stereocenters. The van der Waals surface area contributed by atoms with Crippen LogP contribution in [0.15, 0.2) is 175 Å². The maximum atomic E-state index is 6.84. The molecule has 0 fully saturated rings. The fourth-order valence-electron chi connectivity index (χ4n) is 8.73. The number of hydrogen-bond acceptors (Lipinski definition) is 4. The maximum Gasteiger partial charge on any atom is 0.160 e. The molecule has 3 heterocycles. The van der Waals surface area contributed by atoms with Crippen LogP contribution in [0.2, 0.25) is 0 Å². The van der Waals surface area contributed by atoms with Gasteiger partial charge in [-0.05, 0) is 64.2 Å². The molecule has 2 aliphatic carbocycles. The first-order chi connectivity index (χ1) is 25.8. The predicted molar refractivity (Wildman–Crippen MR) is 211 cm³/mol. The Kier molecular flexibility index (Phi) is 6.74. The molecule has 0 bridgehead atoms. The SMILES string of the molecule is C1=CC2Sc3cc(-c4cc(-c5ccc6c(c5)C5c7ccccc7-c7ccccc7C5c5ccccc5O6)nc(-c5ccccc5)n4)ccc3C2C=C1. The first kappa shape index (κ1) is 29.7. The average molecular weight is 685 g/mol. The van der Waals surface area contributed by atoms with Crippen molar-refractivity contribution in [2.45, 2.75) is 27.9 Å². The second-order valence-corrected chi connectivity index (χ2v) is 15.2. The number of ether oxygens (including phenoxy) is 1. The molecule has 4 heteroatoms. The van der Waals surface area contributed by atoms with Crippen LogP contribution in [0.5, 0.6) is 11.5 Å². The van der Waals surface area contributed by atoms with Gasteiger partial charge in [0.1, 0.15) is 11.5 Å². The molecule has 0 spiro atoms. The molecule has 0 saturated heterocycles. The maximum absolute atomic E-state index is 6.84. The van der Waals surface area contributed by atoms with Gasteiger partial charge in [-0.2, -0.15) is 0 Å². The van der Waals surface area contributed by atoms with E-state index in [1.807, 2.05) is 17.8 Å². The minimum absolute atomic E-state index is 0.0555. The summed E-state index contributed by atoms with van der Waals surface area (Å²) < 4.78 is 6.84. The molecule has 2 aliphatic heterocycles. The van der Waals surface area contributed by atoms with Gasteiger partial charge in [0.15, 0.2) is 5.82 Å². The van der Waals surface area contributed by atoms with Gasteiger partial charge < -0.3 is 4.74 Å².